The highest BCUT2D eigenvalue weighted by atomic mass is 32.2. The molecule has 2 aromatic rings. The molecule has 3 rings (SSSR count). The summed E-state index contributed by atoms with van der Waals surface area (Å²) in [6.07, 6.45) is 0.179. The van der Waals surface area contributed by atoms with Crippen molar-refractivity contribution in [1.29, 1.82) is 0 Å². The molecule has 1 aliphatic heterocycles. The number of carbonyl (C=O) groups excluding carboxylic acids is 1. The minimum absolute atomic E-state index is 0.0895. The second-order valence-corrected chi connectivity index (χ2v) is 7.18. The van der Waals surface area contributed by atoms with Crippen LogP contribution in [0.1, 0.15) is 13.8 Å². The van der Waals surface area contributed by atoms with Gasteiger partial charge in [-0.05, 0) is 25.3 Å². The fraction of sp³-hybridized carbons (Fsp3) is 0.500. The Hall–Kier alpha value is -1.38. The fourth-order valence-electron chi connectivity index (χ4n) is 2.43. The van der Waals surface area contributed by atoms with E-state index < -0.39 is 0 Å². The van der Waals surface area contributed by atoms with E-state index in [2.05, 4.69) is 15.2 Å². The van der Waals surface area contributed by atoms with Crippen LogP contribution in [0.4, 0.5) is 0 Å². The highest BCUT2D eigenvalue weighted by Gasteiger charge is 2.25. The van der Waals surface area contributed by atoms with Gasteiger partial charge in [-0.2, -0.15) is 0 Å². The van der Waals surface area contributed by atoms with E-state index in [4.69, 9.17) is 4.74 Å². The van der Waals surface area contributed by atoms with E-state index in [1.54, 1.807) is 11.3 Å². The molecule has 2 atom stereocenters. The largest absolute Gasteiger partial charge is 0.372 e. The summed E-state index contributed by atoms with van der Waals surface area (Å²) >= 11 is 2.97. The van der Waals surface area contributed by atoms with Gasteiger partial charge in [-0.15, -0.1) is 16.4 Å². The summed E-state index contributed by atoms with van der Waals surface area (Å²) in [4.78, 5) is 19.6. The van der Waals surface area contributed by atoms with Gasteiger partial charge in [0, 0.05) is 13.1 Å². The number of nitrogens with one attached hydrogen (secondary N) is 1. The maximum absolute atomic E-state index is 12.3. The van der Waals surface area contributed by atoms with E-state index in [-0.39, 0.29) is 18.1 Å². The SMILES string of the molecule is C[C@H]1CN(C(=O)CSc2n[nH]c(-c3cccs3)n2)C[C@H](C)O1. The zero-order chi connectivity index (χ0) is 15.5. The molecule has 1 N–H and O–H groups in total. The van der Waals surface area contributed by atoms with Crippen molar-refractivity contribution >= 4 is 29.0 Å². The second-order valence-electron chi connectivity index (χ2n) is 5.29. The molecule has 1 fully saturated rings. The summed E-state index contributed by atoms with van der Waals surface area (Å²) in [7, 11) is 0. The predicted molar refractivity (Wildman–Crippen MR) is 87.0 cm³/mol. The number of thiophene rings is 1. The molecule has 1 amide bonds. The molecule has 6 nitrogen and oxygen atoms in total. The van der Waals surface area contributed by atoms with Crippen LogP contribution in [0.3, 0.4) is 0 Å². The molecule has 1 saturated heterocycles. The van der Waals surface area contributed by atoms with Crippen LogP contribution < -0.4 is 0 Å². The molecule has 0 spiro atoms. The number of aromatic amines is 1. The zero-order valence-corrected chi connectivity index (χ0v) is 14.1. The molecule has 0 aliphatic carbocycles. The number of hydrogen-bond donors (Lipinski definition) is 1. The number of morpholine rings is 1. The zero-order valence-electron chi connectivity index (χ0n) is 12.5. The normalized spacial score (nSPS) is 22.0. The monoisotopic (exact) mass is 338 g/mol. The van der Waals surface area contributed by atoms with Crippen molar-refractivity contribution in [3.05, 3.63) is 17.5 Å². The van der Waals surface area contributed by atoms with Gasteiger partial charge >= 0.3 is 0 Å². The van der Waals surface area contributed by atoms with Crippen LogP contribution in [0.15, 0.2) is 22.7 Å². The number of carbonyl (C=O) groups is 1. The van der Waals surface area contributed by atoms with Crippen LogP contribution in [0.5, 0.6) is 0 Å². The van der Waals surface area contributed by atoms with E-state index in [9.17, 15) is 4.79 Å². The molecule has 0 aromatic carbocycles. The van der Waals surface area contributed by atoms with Gasteiger partial charge in [-0.1, -0.05) is 17.8 Å². The number of ether oxygens (including phenoxy) is 1. The molecular weight excluding hydrogens is 320 g/mol. The van der Waals surface area contributed by atoms with Gasteiger partial charge in [0.25, 0.3) is 0 Å². The number of aromatic nitrogens is 3. The third-order valence-electron chi connectivity index (χ3n) is 3.32. The van der Waals surface area contributed by atoms with Crippen LogP contribution in [0, 0.1) is 0 Å². The molecule has 0 saturated carbocycles. The van der Waals surface area contributed by atoms with Gasteiger partial charge < -0.3 is 9.64 Å². The van der Waals surface area contributed by atoms with E-state index >= 15 is 0 Å². The molecule has 118 valence electrons. The molecule has 3 heterocycles. The lowest BCUT2D eigenvalue weighted by Gasteiger charge is -2.35. The summed E-state index contributed by atoms with van der Waals surface area (Å²) in [5.74, 6) is 1.20. The average Bonchev–Trinajstić information content (AvgIpc) is 3.14. The minimum Gasteiger partial charge on any atom is -0.372 e. The Morgan fingerprint density at radius 2 is 2.27 bits per heavy atom. The third kappa shape index (κ3) is 3.68. The Labute approximate surface area is 137 Å². The van der Waals surface area contributed by atoms with Crippen molar-refractivity contribution in [2.24, 2.45) is 0 Å². The van der Waals surface area contributed by atoms with Crippen LogP contribution >= 0.6 is 23.1 Å². The maximum Gasteiger partial charge on any atom is 0.233 e. The molecular formula is C14H18N4O2S2. The minimum atomic E-state index is 0.0895. The Balaban J connectivity index is 1.55. The number of rotatable bonds is 4. The van der Waals surface area contributed by atoms with E-state index in [0.29, 0.717) is 24.0 Å². The van der Waals surface area contributed by atoms with Crippen molar-refractivity contribution in [2.45, 2.75) is 31.2 Å². The first-order valence-electron chi connectivity index (χ1n) is 7.14. The lowest BCUT2D eigenvalue weighted by atomic mass is 10.2. The van der Waals surface area contributed by atoms with Crippen LogP contribution in [0.25, 0.3) is 10.7 Å². The highest BCUT2D eigenvalue weighted by molar-refractivity contribution is 7.99. The number of amides is 1. The van der Waals surface area contributed by atoms with Crippen molar-refractivity contribution in [1.82, 2.24) is 20.1 Å². The molecule has 22 heavy (non-hydrogen) atoms. The number of nitrogens with zero attached hydrogens (tertiary/aromatic N) is 3. The second kappa shape index (κ2) is 6.80. The summed E-state index contributed by atoms with van der Waals surface area (Å²) in [6.45, 7) is 5.29. The van der Waals surface area contributed by atoms with Gasteiger partial charge in [0.15, 0.2) is 5.82 Å². The Morgan fingerprint density at radius 1 is 1.50 bits per heavy atom. The number of H-pyrrole nitrogens is 1. The molecule has 8 heteroatoms. The van der Waals surface area contributed by atoms with Gasteiger partial charge in [0.05, 0.1) is 22.8 Å². The lowest BCUT2D eigenvalue weighted by molar-refractivity contribution is -0.140. The molecule has 0 bridgehead atoms. The van der Waals surface area contributed by atoms with Crippen molar-refractivity contribution in [3.63, 3.8) is 0 Å². The van der Waals surface area contributed by atoms with E-state index in [1.165, 1.54) is 11.8 Å². The summed E-state index contributed by atoms with van der Waals surface area (Å²) in [5.41, 5.74) is 0. The van der Waals surface area contributed by atoms with Gasteiger partial charge in [0.1, 0.15) is 0 Å². The first kappa shape index (κ1) is 15.5. The lowest BCUT2D eigenvalue weighted by Crippen LogP contribution is -2.48. The highest BCUT2D eigenvalue weighted by Crippen LogP contribution is 2.23. The molecule has 1 aliphatic rings. The maximum atomic E-state index is 12.3. The van der Waals surface area contributed by atoms with E-state index in [1.807, 2.05) is 36.3 Å². The van der Waals surface area contributed by atoms with Gasteiger partial charge in [0.2, 0.25) is 11.1 Å². The fourth-order valence-corrected chi connectivity index (χ4v) is 3.80. The first-order chi connectivity index (χ1) is 10.6. The molecule has 2 aromatic heterocycles. The van der Waals surface area contributed by atoms with Gasteiger partial charge in [-0.25, -0.2) is 4.98 Å². The standard InChI is InChI=1S/C14H18N4O2S2/c1-9-6-18(7-10(2)20-9)12(19)8-22-14-15-13(16-17-14)11-4-3-5-21-11/h3-5,9-10H,6-8H2,1-2H3,(H,15,16,17)/t9-,10-/m0/s1. The summed E-state index contributed by atoms with van der Waals surface area (Å²) < 4.78 is 5.64. The number of hydrogen-bond acceptors (Lipinski definition) is 6. The van der Waals surface area contributed by atoms with Crippen LogP contribution in [0.2, 0.25) is 0 Å². The van der Waals surface area contributed by atoms with Crippen molar-refractivity contribution < 1.29 is 9.53 Å². The summed E-state index contributed by atoms with van der Waals surface area (Å²) in [5, 5.41) is 9.66. The molecule has 0 radical (unpaired) electrons. The summed E-state index contributed by atoms with van der Waals surface area (Å²) in [6, 6.07) is 3.96. The van der Waals surface area contributed by atoms with Crippen molar-refractivity contribution in [2.75, 3.05) is 18.8 Å². The van der Waals surface area contributed by atoms with E-state index in [0.717, 1.165) is 10.7 Å². The third-order valence-corrected chi connectivity index (χ3v) is 5.03. The topological polar surface area (TPSA) is 71.1 Å². The quantitative estimate of drug-likeness (QED) is 0.866. The average molecular weight is 338 g/mol. The first-order valence-corrected chi connectivity index (χ1v) is 9.00. The van der Waals surface area contributed by atoms with Crippen molar-refractivity contribution in [3.8, 4) is 10.7 Å². The number of thioether (sulfide) groups is 1. The predicted octanol–water partition coefficient (Wildman–Crippen LogP) is 2.26. The smallest absolute Gasteiger partial charge is 0.233 e. The van der Waals surface area contributed by atoms with Crippen LogP contribution in [-0.2, 0) is 9.53 Å². The Morgan fingerprint density at radius 3 is 2.95 bits per heavy atom. The Kier molecular flexibility index (Phi) is 4.80. The Bertz CT molecular complexity index is 619. The van der Waals surface area contributed by atoms with Gasteiger partial charge in [-0.3, -0.25) is 9.89 Å². The molecule has 0 unspecified atom stereocenters. The van der Waals surface area contributed by atoms with Crippen LogP contribution in [-0.4, -0.2) is 57.0 Å².